The number of aliphatic hydroxyl groups is 1. The third-order valence-corrected chi connectivity index (χ3v) is 4.41. The molecule has 118 valence electrons. The lowest BCUT2D eigenvalue weighted by atomic mass is 10.1. The molecule has 0 spiro atoms. The van der Waals surface area contributed by atoms with E-state index in [1.54, 1.807) is 18.2 Å². The lowest BCUT2D eigenvalue weighted by molar-refractivity contribution is 0.0600. The standard InChI is InChI=1S/C14H21NO5S/c1-10(2)13(8-16)15-21(18,19)9-11-5-4-6-12(7-11)14(17)20-3/h4-7,10,13,15-16H,8-9H2,1-3H3/t13-/m1/s1. The number of rotatable bonds is 7. The van der Waals surface area contributed by atoms with Crippen LogP contribution in [0.25, 0.3) is 0 Å². The maximum absolute atomic E-state index is 12.1. The first-order chi connectivity index (χ1) is 9.79. The van der Waals surface area contributed by atoms with E-state index in [4.69, 9.17) is 0 Å². The van der Waals surface area contributed by atoms with Gasteiger partial charge in [0.2, 0.25) is 10.0 Å². The summed E-state index contributed by atoms with van der Waals surface area (Å²) >= 11 is 0. The molecule has 0 radical (unpaired) electrons. The lowest BCUT2D eigenvalue weighted by Crippen LogP contribution is -2.41. The zero-order valence-corrected chi connectivity index (χ0v) is 13.2. The van der Waals surface area contributed by atoms with Crippen molar-refractivity contribution < 1.29 is 23.1 Å². The van der Waals surface area contributed by atoms with Crippen LogP contribution in [0.2, 0.25) is 0 Å². The van der Waals surface area contributed by atoms with E-state index in [2.05, 4.69) is 9.46 Å². The number of carbonyl (C=O) groups excluding carboxylic acids is 1. The van der Waals surface area contributed by atoms with Gasteiger partial charge in [0, 0.05) is 6.04 Å². The van der Waals surface area contributed by atoms with E-state index in [1.807, 2.05) is 13.8 Å². The molecule has 0 amide bonds. The first-order valence-electron chi connectivity index (χ1n) is 6.57. The second-order valence-corrected chi connectivity index (χ2v) is 6.86. The van der Waals surface area contributed by atoms with Crippen LogP contribution in [0.4, 0.5) is 0 Å². The molecular weight excluding hydrogens is 294 g/mol. The van der Waals surface area contributed by atoms with Crippen molar-refractivity contribution in [3.05, 3.63) is 35.4 Å². The summed E-state index contributed by atoms with van der Waals surface area (Å²) in [5.74, 6) is -0.801. The molecule has 0 aliphatic heterocycles. The number of hydrogen-bond donors (Lipinski definition) is 2. The van der Waals surface area contributed by atoms with Gasteiger partial charge in [-0.05, 0) is 23.6 Å². The van der Waals surface area contributed by atoms with E-state index in [0.29, 0.717) is 11.1 Å². The van der Waals surface area contributed by atoms with Gasteiger partial charge in [-0.15, -0.1) is 0 Å². The van der Waals surface area contributed by atoms with E-state index in [1.165, 1.54) is 13.2 Å². The Hall–Kier alpha value is -1.44. The molecule has 1 rings (SSSR count). The number of sulfonamides is 1. The van der Waals surface area contributed by atoms with Gasteiger partial charge < -0.3 is 9.84 Å². The number of esters is 1. The molecule has 1 aromatic carbocycles. The number of aliphatic hydroxyl groups excluding tert-OH is 1. The smallest absolute Gasteiger partial charge is 0.337 e. The molecule has 1 atom stereocenters. The van der Waals surface area contributed by atoms with Crippen LogP contribution in [-0.2, 0) is 20.5 Å². The summed E-state index contributed by atoms with van der Waals surface area (Å²) in [6.07, 6.45) is 0. The van der Waals surface area contributed by atoms with Gasteiger partial charge in [-0.1, -0.05) is 26.0 Å². The van der Waals surface area contributed by atoms with Gasteiger partial charge in [-0.2, -0.15) is 0 Å². The maximum Gasteiger partial charge on any atom is 0.337 e. The molecule has 0 heterocycles. The largest absolute Gasteiger partial charge is 0.465 e. The van der Waals surface area contributed by atoms with Crippen LogP contribution in [-0.4, -0.2) is 39.3 Å². The molecule has 2 N–H and O–H groups in total. The lowest BCUT2D eigenvalue weighted by Gasteiger charge is -2.19. The molecular formula is C14H21NO5S. The molecule has 0 saturated carbocycles. The van der Waals surface area contributed by atoms with E-state index in [9.17, 15) is 18.3 Å². The summed E-state index contributed by atoms with van der Waals surface area (Å²) in [5.41, 5.74) is 0.776. The van der Waals surface area contributed by atoms with Crippen molar-refractivity contribution in [1.29, 1.82) is 0 Å². The highest BCUT2D eigenvalue weighted by Crippen LogP contribution is 2.11. The summed E-state index contributed by atoms with van der Waals surface area (Å²) < 4.78 is 31.2. The predicted octanol–water partition coefficient (Wildman–Crippen LogP) is 0.909. The third-order valence-electron chi connectivity index (χ3n) is 3.04. The maximum atomic E-state index is 12.1. The zero-order valence-electron chi connectivity index (χ0n) is 12.4. The van der Waals surface area contributed by atoms with E-state index in [-0.39, 0.29) is 18.3 Å². The number of ether oxygens (including phenoxy) is 1. The van der Waals surface area contributed by atoms with Gasteiger partial charge in [0.15, 0.2) is 0 Å². The first-order valence-corrected chi connectivity index (χ1v) is 8.22. The Kier molecular flexibility index (Phi) is 6.32. The van der Waals surface area contributed by atoms with Crippen LogP contribution < -0.4 is 4.72 Å². The molecule has 0 bridgehead atoms. The van der Waals surface area contributed by atoms with E-state index >= 15 is 0 Å². The van der Waals surface area contributed by atoms with Crippen molar-refractivity contribution in [2.24, 2.45) is 5.92 Å². The van der Waals surface area contributed by atoms with Crippen molar-refractivity contribution >= 4 is 16.0 Å². The van der Waals surface area contributed by atoms with E-state index in [0.717, 1.165) is 0 Å². The normalized spacial score (nSPS) is 13.2. The van der Waals surface area contributed by atoms with Crippen LogP contribution in [0.1, 0.15) is 29.8 Å². The SMILES string of the molecule is COC(=O)c1cccc(CS(=O)(=O)N[C@H](CO)C(C)C)c1. The first kappa shape index (κ1) is 17.6. The Bertz CT molecular complexity index is 583. The summed E-state index contributed by atoms with van der Waals surface area (Å²) in [6.45, 7) is 3.38. The molecule has 0 saturated heterocycles. The average Bonchev–Trinajstić information content (AvgIpc) is 2.43. The van der Waals surface area contributed by atoms with Crippen molar-refractivity contribution in [3.63, 3.8) is 0 Å². The fourth-order valence-electron chi connectivity index (χ4n) is 1.78. The summed E-state index contributed by atoms with van der Waals surface area (Å²) in [6, 6.07) is 5.73. The Balaban J connectivity index is 2.87. The third kappa shape index (κ3) is 5.45. The molecule has 0 aliphatic rings. The fraction of sp³-hybridized carbons (Fsp3) is 0.500. The number of carbonyl (C=O) groups is 1. The Morgan fingerprint density at radius 3 is 2.57 bits per heavy atom. The number of nitrogens with one attached hydrogen (secondary N) is 1. The second kappa shape index (κ2) is 7.53. The van der Waals surface area contributed by atoms with Crippen molar-refractivity contribution in [2.45, 2.75) is 25.6 Å². The van der Waals surface area contributed by atoms with Gasteiger partial charge in [-0.25, -0.2) is 17.9 Å². The van der Waals surface area contributed by atoms with Crippen LogP contribution in [0.15, 0.2) is 24.3 Å². The molecule has 0 unspecified atom stereocenters. The highest BCUT2D eigenvalue weighted by molar-refractivity contribution is 7.88. The second-order valence-electron chi connectivity index (χ2n) is 5.10. The molecule has 7 heteroatoms. The van der Waals surface area contributed by atoms with Crippen LogP contribution >= 0.6 is 0 Å². The van der Waals surface area contributed by atoms with Gasteiger partial charge in [0.05, 0.1) is 25.0 Å². The van der Waals surface area contributed by atoms with Crippen LogP contribution in [0.5, 0.6) is 0 Å². The number of methoxy groups -OCH3 is 1. The summed E-state index contributed by atoms with van der Waals surface area (Å²) in [5, 5.41) is 9.19. The van der Waals surface area contributed by atoms with Gasteiger partial charge in [0.25, 0.3) is 0 Å². The Labute approximate surface area is 125 Å². The molecule has 0 fully saturated rings. The quantitative estimate of drug-likeness (QED) is 0.730. The highest BCUT2D eigenvalue weighted by Gasteiger charge is 2.20. The summed E-state index contributed by atoms with van der Waals surface area (Å²) in [4.78, 5) is 11.4. The minimum Gasteiger partial charge on any atom is -0.465 e. The molecule has 1 aromatic rings. The van der Waals surface area contributed by atoms with Crippen molar-refractivity contribution in [3.8, 4) is 0 Å². The summed E-state index contributed by atoms with van der Waals surface area (Å²) in [7, 11) is -2.34. The highest BCUT2D eigenvalue weighted by atomic mass is 32.2. The van der Waals surface area contributed by atoms with Gasteiger partial charge in [0.1, 0.15) is 0 Å². The fourth-order valence-corrected chi connectivity index (χ4v) is 3.29. The van der Waals surface area contributed by atoms with E-state index < -0.39 is 22.0 Å². The number of hydrogen-bond acceptors (Lipinski definition) is 5. The minimum absolute atomic E-state index is 0.0221. The molecule has 0 aliphatic carbocycles. The van der Waals surface area contributed by atoms with Crippen molar-refractivity contribution in [2.75, 3.05) is 13.7 Å². The molecule has 6 nitrogen and oxygen atoms in total. The van der Waals surface area contributed by atoms with Crippen LogP contribution in [0, 0.1) is 5.92 Å². The Morgan fingerprint density at radius 2 is 2.05 bits per heavy atom. The Morgan fingerprint density at radius 1 is 1.38 bits per heavy atom. The molecule has 0 aromatic heterocycles. The number of benzene rings is 1. The average molecular weight is 315 g/mol. The predicted molar refractivity (Wildman–Crippen MR) is 79.3 cm³/mol. The van der Waals surface area contributed by atoms with Crippen LogP contribution in [0.3, 0.4) is 0 Å². The minimum atomic E-state index is -3.60. The topological polar surface area (TPSA) is 92.7 Å². The monoisotopic (exact) mass is 315 g/mol. The van der Waals surface area contributed by atoms with Crippen molar-refractivity contribution in [1.82, 2.24) is 4.72 Å². The zero-order chi connectivity index (χ0) is 16.0. The molecule has 21 heavy (non-hydrogen) atoms. The van der Waals surface area contributed by atoms with Gasteiger partial charge in [-0.3, -0.25) is 0 Å². The van der Waals surface area contributed by atoms with Gasteiger partial charge >= 0.3 is 5.97 Å².